The van der Waals surface area contributed by atoms with Gasteiger partial charge >= 0.3 is 11.8 Å². The molecule has 1 aromatic rings. The van der Waals surface area contributed by atoms with Crippen LogP contribution in [0.25, 0.3) is 0 Å². The van der Waals surface area contributed by atoms with Crippen LogP contribution in [-0.2, 0) is 9.59 Å². The lowest BCUT2D eigenvalue weighted by Crippen LogP contribution is -2.43. The van der Waals surface area contributed by atoms with Crippen LogP contribution < -0.4 is 10.6 Å². The van der Waals surface area contributed by atoms with Crippen LogP contribution in [0.5, 0.6) is 0 Å². The number of aliphatic hydroxyl groups is 1. The summed E-state index contributed by atoms with van der Waals surface area (Å²) in [5.74, 6) is -1.74. The van der Waals surface area contributed by atoms with Crippen LogP contribution >= 0.6 is 23.2 Å². The Kier molecular flexibility index (Phi) is 6.08. The van der Waals surface area contributed by atoms with Crippen LogP contribution in [0.3, 0.4) is 0 Å². The molecule has 0 saturated carbocycles. The van der Waals surface area contributed by atoms with Crippen LogP contribution in [0.15, 0.2) is 18.2 Å². The molecular formula is C12H14Cl2N2O3. The van der Waals surface area contributed by atoms with Gasteiger partial charge in [-0.1, -0.05) is 36.2 Å². The van der Waals surface area contributed by atoms with Crippen molar-refractivity contribution in [2.45, 2.75) is 19.4 Å². The fraction of sp³-hybridized carbons (Fsp3) is 0.333. The highest BCUT2D eigenvalue weighted by Crippen LogP contribution is 2.29. The highest BCUT2D eigenvalue weighted by Gasteiger charge is 2.19. The molecule has 104 valence electrons. The van der Waals surface area contributed by atoms with Crippen LogP contribution in [0.1, 0.15) is 13.3 Å². The first kappa shape index (κ1) is 15.8. The van der Waals surface area contributed by atoms with E-state index in [0.29, 0.717) is 6.42 Å². The van der Waals surface area contributed by atoms with E-state index < -0.39 is 17.9 Å². The van der Waals surface area contributed by atoms with Gasteiger partial charge in [0.2, 0.25) is 0 Å². The molecule has 1 atom stereocenters. The van der Waals surface area contributed by atoms with Crippen LogP contribution in [0.2, 0.25) is 10.0 Å². The van der Waals surface area contributed by atoms with Crippen molar-refractivity contribution >= 4 is 40.7 Å². The molecule has 1 aromatic carbocycles. The van der Waals surface area contributed by atoms with Gasteiger partial charge in [0.1, 0.15) is 0 Å². The lowest BCUT2D eigenvalue weighted by atomic mass is 10.2. The van der Waals surface area contributed by atoms with Gasteiger partial charge in [0.05, 0.1) is 28.4 Å². The van der Waals surface area contributed by atoms with E-state index in [1.807, 2.05) is 0 Å². The van der Waals surface area contributed by atoms with Gasteiger partial charge in [-0.3, -0.25) is 9.59 Å². The van der Waals surface area contributed by atoms with Gasteiger partial charge in [-0.15, -0.1) is 0 Å². The van der Waals surface area contributed by atoms with Gasteiger partial charge in [-0.2, -0.15) is 0 Å². The van der Waals surface area contributed by atoms with Crippen LogP contribution in [0, 0.1) is 0 Å². The maximum absolute atomic E-state index is 11.7. The number of carbonyl (C=O) groups is 2. The highest BCUT2D eigenvalue weighted by molar-refractivity contribution is 6.44. The monoisotopic (exact) mass is 304 g/mol. The predicted octanol–water partition coefficient (Wildman–Crippen LogP) is 1.82. The highest BCUT2D eigenvalue weighted by atomic mass is 35.5. The van der Waals surface area contributed by atoms with E-state index in [-0.39, 0.29) is 22.3 Å². The second-order valence-corrected chi connectivity index (χ2v) is 4.63. The average Bonchev–Trinajstić information content (AvgIpc) is 2.39. The summed E-state index contributed by atoms with van der Waals surface area (Å²) < 4.78 is 0. The molecule has 3 N–H and O–H groups in total. The molecule has 0 saturated heterocycles. The Morgan fingerprint density at radius 2 is 1.84 bits per heavy atom. The Labute approximate surface area is 120 Å². The Morgan fingerprint density at radius 1 is 1.26 bits per heavy atom. The molecular weight excluding hydrogens is 291 g/mol. The maximum Gasteiger partial charge on any atom is 0.313 e. The fourth-order valence-corrected chi connectivity index (χ4v) is 1.81. The third kappa shape index (κ3) is 4.38. The smallest absolute Gasteiger partial charge is 0.313 e. The zero-order valence-corrected chi connectivity index (χ0v) is 11.8. The Bertz CT molecular complexity index is 456. The van der Waals surface area contributed by atoms with Crippen molar-refractivity contribution in [3.63, 3.8) is 0 Å². The molecule has 0 bridgehead atoms. The van der Waals surface area contributed by atoms with E-state index in [9.17, 15) is 9.59 Å². The van der Waals surface area contributed by atoms with Gasteiger partial charge < -0.3 is 15.7 Å². The number of benzene rings is 1. The Hall–Kier alpha value is -1.30. The molecule has 0 aliphatic rings. The van der Waals surface area contributed by atoms with Gasteiger partial charge in [-0.05, 0) is 18.6 Å². The molecule has 7 heteroatoms. The van der Waals surface area contributed by atoms with Crippen molar-refractivity contribution in [1.82, 2.24) is 5.32 Å². The maximum atomic E-state index is 11.7. The lowest BCUT2D eigenvalue weighted by Gasteiger charge is -2.14. The van der Waals surface area contributed by atoms with E-state index in [1.165, 1.54) is 0 Å². The summed E-state index contributed by atoms with van der Waals surface area (Å²) in [6.07, 6.45) is 0.516. The Morgan fingerprint density at radius 3 is 2.32 bits per heavy atom. The standard InChI is InChI=1S/C12H14Cl2N2O3/c1-2-7(6-17)15-11(18)12(19)16-10-8(13)4-3-5-9(10)14/h3-5,7,17H,2,6H2,1H3,(H,15,18)(H,16,19). The molecule has 0 aromatic heterocycles. The largest absolute Gasteiger partial charge is 0.394 e. The van der Waals surface area contributed by atoms with Crippen molar-refractivity contribution in [3.8, 4) is 0 Å². The number of hydrogen-bond acceptors (Lipinski definition) is 3. The molecule has 5 nitrogen and oxygen atoms in total. The zero-order chi connectivity index (χ0) is 14.4. The molecule has 0 spiro atoms. The zero-order valence-electron chi connectivity index (χ0n) is 10.2. The van der Waals surface area contributed by atoms with E-state index in [1.54, 1.807) is 25.1 Å². The summed E-state index contributed by atoms with van der Waals surface area (Å²) in [5, 5.41) is 14.1. The van der Waals surface area contributed by atoms with E-state index in [4.69, 9.17) is 28.3 Å². The van der Waals surface area contributed by atoms with E-state index in [0.717, 1.165) is 0 Å². The number of carbonyl (C=O) groups excluding carboxylic acids is 2. The molecule has 19 heavy (non-hydrogen) atoms. The van der Waals surface area contributed by atoms with Gasteiger partial charge in [0.15, 0.2) is 0 Å². The number of anilines is 1. The molecule has 0 aliphatic heterocycles. The summed E-state index contributed by atoms with van der Waals surface area (Å²) in [6, 6.07) is 4.26. The fourth-order valence-electron chi connectivity index (χ4n) is 1.32. The van der Waals surface area contributed by atoms with Crippen LogP contribution in [-0.4, -0.2) is 29.6 Å². The predicted molar refractivity (Wildman–Crippen MR) is 74.4 cm³/mol. The minimum Gasteiger partial charge on any atom is -0.394 e. The first-order valence-corrected chi connectivity index (χ1v) is 6.41. The van der Waals surface area contributed by atoms with E-state index in [2.05, 4.69) is 10.6 Å². The van der Waals surface area contributed by atoms with Crippen molar-refractivity contribution < 1.29 is 14.7 Å². The quantitative estimate of drug-likeness (QED) is 0.742. The third-order valence-electron chi connectivity index (χ3n) is 2.46. The summed E-state index contributed by atoms with van der Waals surface area (Å²) >= 11 is 11.7. The number of aliphatic hydroxyl groups excluding tert-OH is 1. The Balaban J connectivity index is 2.72. The molecule has 0 radical (unpaired) electrons. The number of amides is 2. The summed E-state index contributed by atoms with van der Waals surface area (Å²) in [6.45, 7) is 1.55. The van der Waals surface area contributed by atoms with Crippen molar-refractivity contribution in [2.75, 3.05) is 11.9 Å². The van der Waals surface area contributed by atoms with Gasteiger partial charge in [0.25, 0.3) is 0 Å². The minimum absolute atomic E-state index is 0.183. The molecule has 2 amide bonds. The first-order chi connectivity index (χ1) is 8.99. The number of para-hydroxylation sites is 1. The number of halogens is 2. The number of nitrogens with one attached hydrogen (secondary N) is 2. The number of hydrogen-bond donors (Lipinski definition) is 3. The third-order valence-corrected chi connectivity index (χ3v) is 3.09. The molecule has 0 heterocycles. The average molecular weight is 305 g/mol. The normalized spacial score (nSPS) is 11.8. The van der Waals surface area contributed by atoms with Crippen molar-refractivity contribution in [1.29, 1.82) is 0 Å². The summed E-state index contributed by atoms with van der Waals surface area (Å²) in [4.78, 5) is 23.2. The second kappa shape index (κ2) is 7.33. The lowest BCUT2D eigenvalue weighted by molar-refractivity contribution is -0.136. The molecule has 1 unspecified atom stereocenters. The number of rotatable bonds is 4. The van der Waals surface area contributed by atoms with Gasteiger partial charge in [0, 0.05) is 0 Å². The van der Waals surface area contributed by atoms with E-state index >= 15 is 0 Å². The second-order valence-electron chi connectivity index (χ2n) is 3.81. The SMILES string of the molecule is CCC(CO)NC(=O)C(=O)Nc1c(Cl)cccc1Cl. The summed E-state index contributed by atoms with van der Waals surface area (Å²) in [7, 11) is 0. The summed E-state index contributed by atoms with van der Waals surface area (Å²) in [5.41, 5.74) is 0.183. The first-order valence-electron chi connectivity index (χ1n) is 5.66. The molecule has 0 fully saturated rings. The van der Waals surface area contributed by atoms with Crippen molar-refractivity contribution in [3.05, 3.63) is 28.2 Å². The minimum atomic E-state index is -0.887. The topological polar surface area (TPSA) is 78.4 Å². The molecule has 1 rings (SSSR count). The van der Waals surface area contributed by atoms with Crippen LogP contribution in [0.4, 0.5) is 5.69 Å². The van der Waals surface area contributed by atoms with Gasteiger partial charge in [-0.25, -0.2) is 0 Å². The van der Waals surface area contributed by atoms with Crippen molar-refractivity contribution in [2.24, 2.45) is 0 Å². The molecule has 0 aliphatic carbocycles.